The lowest BCUT2D eigenvalue weighted by molar-refractivity contribution is 0.333. The van der Waals surface area contributed by atoms with Crippen molar-refractivity contribution in [2.24, 2.45) is 5.92 Å². The van der Waals surface area contributed by atoms with Crippen LogP contribution in [0, 0.1) is 17.2 Å². The van der Waals surface area contributed by atoms with E-state index in [9.17, 15) is 0 Å². The summed E-state index contributed by atoms with van der Waals surface area (Å²) in [7, 11) is 0. The fourth-order valence-electron chi connectivity index (χ4n) is 1.60. The van der Waals surface area contributed by atoms with E-state index in [1.54, 1.807) is 0 Å². The van der Waals surface area contributed by atoms with E-state index >= 15 is 0 Å². The highest BCUT2D eigenvalue weighted by Crippen LogP contribution is 2.31. The largest absolute Gasteiger partial charge is 0.494 e. The number of nitriles is 1. The highest BCUT2D eigenvalue weighted by molar-refractivity contribution is 5.39. The molecule has 0 radical (unpaired) electrons. The molecule has 0 spiro atoms. The zero-order valence-corrected chi connectivity index (χ0v) is 9.53. The first-order chi connectivity index (χ1) is 7.20. The molecule has 15 heavy (non-hydrogen) atoms. The van der Waals surface area contributed by atoms with Crippen LogP contribution in [0.25, 0.3) is 0 Å². The van der Waals surface area contributed by atoms with Crippen molar-refractivity contribution in [3.63, 3.8) is 0 Å². The molecule has 0 N–H and O–H groups in total. The molecule has 1 rings (SSSR count). The highest BCUT2D eigenvalue weighted by Gasteiger charge is 2.18. The summed E-state index contributed by atoms with van der Waals surface area (Å²) < 4.78 is 5.52. The molecule has 0 heterocycles. The second-order valence-electron chi connectivity index (χ2n) is 3.82. The summed E-state index contributed by atoms with van der Waals surface area (Å²) in [4.78, 5) is 0. The van der Waals surface area contributed by atoms with Crippen LogP contribution in [-0.4, -0.2) is 6.61 Å². The van der Waals surface area contributed by atoms with Gasteiger partial charge in [-0.3, -0.25) is 0 Å². The molecule has 1 atom stereocenters. The second-order valence-corrected chi connectivity index (χ2v) is 3.82. The zero-order chi connectivity index (χ0) is 11.3. The van der Waals surface area contributed by atoms with Crippen molar-refractivity contribution in [1.82, 2.24) is 0 Å². The molecular formula is C13H17NO. The molecule has 0 bridgehead atoms. The van der Waals surface area contributed by atoms with Crippen LogP contribution in [0.1, 0.15) is 32.3 Å². The Hall–Kier alpha value is -1.49. The predicted octanol–water partition coefficient (Wildman–Crippen LogP) is 3.35. The van der Waals surface area contributed by atoms with Crippen molar-refractivity contribution in [1.29, 1.82) is 5.26 Å². The maximum atomic E-state index is 9.14. The van der Waals surface area contributed by atoms with Crippen molar-refractivity contribution < 1.29 is 4.74 Å². The van der Waals surface area contributed by atoms with Crippen LogP contribution in [0.5, 0.6) is 5.75 Å². The van der Waals surface area contributed by atoms with Gasteiger partial charge in [0.15, 0.2) is 0 Å². The number of hydrogen-bond acceptors (Lipinski definition) is 2. The molecule has 0 amide bonds. The monoisotopic (exact) mass is 203 g/mol. The lowest BCUT2D eigenvalue weighted by Gasteiger charge is -2.17. The summed E-state index contributed by atoms with van der Waals surface area (Å²) in [6.45, 7) is 6.69. The summed E-state index contributed by atoms with van der Waals surface area (Å²) in [6.07, 6.45) is 0. The molecule has 2 heteroatoms. The van der Waals surface area contributed by atoms with Gasteiger partial charge in [-0.1, -0.05) is 32.0 Å². The highest BCUT2D eigenvalue weighted by atomic mass is 16.5. The van der Waals surface area contributed by atoms with E-state index in [1.165, 1.54) is 0 Å². The maximum absolute atomic E-state index is 9.14. The number of nitrogens with zero attached hydrogens (tertiary/aromatic N) is 1. The molecule has 0 unspecified atom stereocenters. The minimum atomic E-state index is -0.0900. The Bertz CT molecular complexity index is 352. The number of ether oxygens (including phenoxy) is 1. The fraction of sp³-hybridized carbons (Fsp3) is 0.462. The molecule has 2 nitrogen and oxygen atoms in total. The molecule has 0 aliphatic rings. The number of hydrogen-bond donors (Lipinski definition) is 0. The normalized spacial score (nSPS) is 12.2. The van der Waals surface area contributed by atoms with Crippen LogP contribution in [-0.2, 0) is 0 Å². The Morgan fingerprint density at radius 2 is 2.00 bits per heavy atom. The lowest BCUT2D eigenvalue weighted by Crippen LogP contribution is -2.06. The van der Waals surface area contributed by atoms with Crippen LogP contribution >= 0.6 is 0 Å². The van der Waals surface area contributed by atoms with Gasteiger partial charge in [0, 0.05) is 5.56 Å². The Morgan fingerprint density at radius 3 is 2.53 bits per heavy atom. The maximum Gasteiger partial charge on any atom is 0.123 e. The van der Waals surface area contributed by atoms with Crippen LogP contribution in [0.4, 0.5) is 0 Å². The van der Waals surface area contributed by atoms with Gasteiger partial charge in [0.2, 0.25) is 0 Å². The SMILES string of the molecule is CCOc1ccccc1[C@@H](C#N)C(C)C. The van der Waals surface area contributed by atoms with E-state index in [-0.39, 0.29) is 5.92 Å². The van der Waals surface area contributed by atoms with Gasteiger partial charge in [0.1, 0.15) is 5.75 Å². The first kappa shape index (κ1) is 11.6. The van der Waals surface area contributed by atoms with Crippen molar-refractivity contribution in [2.45, 2.75) is 26.7 Å². The van der Waals surface area contributed by atoms with Gasteiger partial charge in [-0.25, -0.2) is 0 Å². The lowest BCUT2D eigenvalue weighted by atomic mass is 9.89. The third-order valence-corrected chi connectivity index (χ3v) is 2.36. The zero-order valence-electron chi connectivity index (χ0n) is 9.53. The summed E-state index contributed by atoms with van der Waals surface area (Å²) in [5.74, 6) is 1.05. The molecule has 0 fully saturated rings. The van der Waals surface area contributed by atoms with Crippen LogP contribution in [0.2, 0.25) is 0 Å². The molecule has 1 aromatic rings. The summed E-state index contributed by atoms with van der Waals surface area (Å²) in [5, 5.41) is 9.14. The molecule has 0 aliphatic heterocycles. The van der Waals surface area contributed by atoms with E-state index < -0.39 is 0 Å². The minimum absolute atomic E-state index is 0.0900. The average Bonchev–Trinajstić information content (AvgIpc) is 2.21. The molecule has 0 aromatic heterocycles. The second kappa shape index (κ2) is 5.41. The smallest absolute Gasteiger partial charge is 0.123 e. The van der Waals surface area contributed by atoms with E-state index in [1.807, 2.05) is 31.2 Å². The minimum Gasteiger partial charge on any atom is -0.494 e. The van der Waals surface area contributed by atoms with Crippen LogP contribution in [0.3, 0.4) is 0 Å². The number of para-hydroxylation sites is 1. The van der Waals surface area contributed by atoms with E-state index in [4.69, 9.17) is 10.00 Å². The van der Waals surface area contributed by atoms with Crippen molar-refractivity contribution in [3.05, 3.63) is 29.8 Å². The van der Waals surface area contributed by atoms with E-state index in [0.29, 0.717) is 12.5 Å². The van der Waals surface area contributed by atoms with Crippen molar-refractivity contribution in [2.75, 3.05) is 6.61 Å². The quantitative estimate of drug-likeness (QED) is 0.751. The van der Waals surface area contributed by atoms with Crippen molar-refractivity contribution >= 4 is 0 Å². The molecule has 1 aromatic carbocycles. The van der Waals surface area contributed by atoms with Gasteiger partial charge in [-0.15, -0.1) is 0 Å². The Kier molecular flexibility index (Phi) is 4.17. The van der Waals surface area contributed by atoms with E-state index in [0.717, 1.165) is 11.3 Å². The molecule has 0 saturated carbocycles. The first-order valence-corrected chi connectivity index (χ1v) is 5.32. The van der Waals surface area contributed by atoms with Gasteiger partial charge >= 0.3 is 0 Å². The first-order valence-electron chi connectivity index (χ1n) is 5.32. The van der Waals surface area contributed by atoms with Crippen LogP contribution in [0.15, 0.2) is 24.3 Å². The third kappa shape index (κ3) is 2.73. The molecule has 80 valence electrons. The van der Waals surface area contributed by atoms with Gasteiger partial charge in [-0.2, -0.15) is 5.26 Å². The summed E-state index contributed by atoms with van der Waals surface area (Å²) in [5.41, 5.74) is 0.997. The molecule has 0 saturated heterocycles. The Labute approximate surface area is 91.5 Å². The topological polar surface area (TPSA) is 33.0 Å². The van der Waals surface area contributed by atoms with E-state index in [2.05, 4.69) is 19.9 Å². The standard InChI is InChI=1S/C13H17NO/c1-4-15-13-8-6-5-7-11(13)12(9-14)10(2)3/h5-8,10,12H,4H2,1-3H3/t12-/m0/s1. The summed E-state index contributed by atoms with van der Waals surface area (Å²) >= 11 is 0. The van der Waals surface area contributed by atoms with Crippen molar-refractivity contribution in [3.8, 4) is 11.8 Å². The van der Waals surface area contributed by atoms with Gasteiger partial charge in [0.05, 0.1) is 18.6 Å². The third-order valence-electron chi connectivity index (χ3n) is 2.36. The number of benzene rings is 1. The number of rotatable bonds is 4. The van der Waals surface area contributed by atoms with Gasteiger partial charge in [-0.05, 0) is 18.9 Å². The van der Waals surface area contributed by atoms with Gasteiger partial charge < -0.3 is 4.74 Å². The Morgan fingerprint density at radius 1 is 1.33 bits per heavy atom. The van der Waals surface area contributed by atoms with Gasteiger partial charge in [0.25, 0.3) is 0 Å². The predicted molar refractivity (Wildman–Crippen MR) is 60.8 cm³/mol. The average molecular weight is 203 g/mol. The molecular weight excluding hydrogens is 186 g/mol. The Balaban J connectivity index is 3.06. The summed E-state index contributed by atoms with van der Waals surface area (Å²) in [6, 6.07) is 10.1. The fourth-order valence-corrected chi connectivity index (χ4v) is 1.60. The van der Waals surface area contributed by atoms with Crippen LogP contribution < -0.4 is 4.74 Å². The molecule has 0 aliphatic carbocycles.